The minimum Gasteiger partial charge on any atom is -0.477 e. The second kappa shape index (κ2) is 6.14. The first kappa shape index (κ1) is 17.1. The molecule has 3 aromatic rings. The molecule has 0 atom stereocenters. The van der Waals surface area contributed by atoms with Gasteiger partial charge in [-0.2, -0.15) is 0 Å². The van der Waals surface area contributed by atoms with E-state index in [4.69, 9.17) is 0 Å². The van der Waals surface area contributed by atoms with E-state index in [1.54, 1.807) is 25.1 Å². The van der Waals surface area contributed by atoms with E-state index < -0.39 is 5.97 Å². The van der Waals surface area contributed by atoms with Crippen LogP contribution in [0.5, 0.6) is 0 Å². The Hall–Kier alpha value is -2.32. The predicted molar refractivity (Wildman–Crippen MR) is 102 cm³/mol. The number of aromatic carboxylic acids is 1. The molecule has 0 bridgehead atoms. The summed E-state index contributed by atoms with van der Waals surface area (Å²) in [5, 5.41) is 9.64. The van der Waals surface area contributed by atoms with Gasteiger partial charge in [0.05, 0.1) is 5.39 Å². The van der Waals surface area contributed by atoms with Gasteiger partial charge in [-0.25, -0.2) is 14.2 Å². The highest BCUT2D eigenvalue weighted by atomic mass is 79.9. The summed E-state index contributed by atoms with van der Waals surface area (Å²) >= 11 is 4.32. The first-order chi connectivity index (χ1) is 12.4. The zero-order valence-corrected chi connectivity index (χ0v) is 15.9. The third kappa shape index (κ3) is 2.60. The Bertz CT molecular complexity index is 1180. The van der Waals surface area contributed by atoms with E-state index in [0.717, 1.165) is 21.4 Å². The van der Waals surface area contributed by atoms with Gasteiger partial charge in [0.25, 0.3) is 5.56 Å². The number of aromatic nitrogens is 2. The highest BCUT2D eigenvalue weighted by molar-refractivity contribution is 9.10. The van der Waals surface area contributed by atoms with Gasteiger partial charge in [-0.3, -0.25) is 9.36 Å². The molecule has 5 nitrogen and oxygen atoms in total. The van der Waals surface area contributed by atoms with Gasteiger partial charge in [0.15, 0.2) is 0 Å². The minimum absolute atomic E-state index is 0.123. The number of nitrogens with zero attached hydrogens (tertiary/aromatic N) is 2. The average Bonchev–Trinajstić information content (AvgIpc) is 3.13. The Kier molecular flexibility index (Phi) is 4.04. The van der Waals surface area contributed by atoms with E-state index in [9.17, 15) is 19.1 Å². The van der Waals surface area contributed by atoms with Crippen molar-refractivity contribution in [3.63, 3.8) is 0 Å². The van der Waals surface area contributed by atoms with E-state index in [-0.39, 0.29) is 16.3 Å². The van der Waals surface area contributed by atoms with Crippen LogP contribution < -0.4 is 5.56 Å². The molecule has 3 heterocycles. The molecule has 1 aliphatic heterocycles. The number of hydrogen-bond acceptors (Lipinski definition) is 4. The number of benzene rings is 1. The summed E-state index contributed by atoms with van der Waals surface area (Å²) in [5.41, 5.74) is 1.36. The molecule has 0 radical (unpaired) electrons. The number of allylic oxidation sites excluding steroid dienone is 1. The van der Waals surface area contributed by atoms with E-state index >= 15 is 0 Å². The standard InChI is InChI=1S/C18H12BrFN2O3S/c1-8-13-16(26-14(8)18(24)25)21-15-9(4-5-22(15)17(13)23)6-10-7-11(19)2-3-12(10)20/h2-3,6-7H,4-5H2,1H3,(H,24,25)/b9-6+. The molecule has 26 heavy (non-hydrogen) atoms. The van der Waals surface area contributed by atoms with Crippen molar-refractivity contribution in [1.29, 1.82) is 0 Å². The zero-order chi connectivity index (χ0) is 18.6. The number of thiophene rings is 1. The highest BCUT2D eigenvalue weighted by Gasteiger charge is 2.25. The summed E-state index contributed by atoms with van der Waals surface area (Å²) in [6.07, 6.45) is 2.26. The molecule has 1 N–H and O–H groups in total. The van der Waals surface area contributed by atoms with Crippen LogP contribution in [0.15, 0.2) is 27.5 Å². The van der Waals surface area contributed by atoms with Crippen molar-refractivity contribution in [3.8, 4) is 0 Å². The van der Waals surface area contributed by atoms with Gasteiger partial charge in [-0.1, -0.05) is 15.9 Å². The third-order valence-electron chi connectivity index (χ3n) is 4.42. The number of hydrogen-bond donors (Lipinski definition) is 1. The lowest BCUT2D eigenvalue weighted by Gasteiger charge is -2.04. The number of halogens is 2. The van der Waals surface area contributed by atoms with Crippen molar-refractivity contribution in [2.24, 2.45) is 0 Å². The summed E-state index contributed by atoms with van der Waals surface area (Å²) in [5.74, 6) is -0.954. The first-order valence-corrected chi connectivity index (χ1v) is 9.41. The zero-order valence-electron chi connectivity index (χ0n) is 13.5. The number of fused-ring (bicyclic) bond motifs is 2. The van der Waals surface area contributed by atoms with Crippen LogP contribution in [0.2, 0.25) is 0 Å². The molecule has 0 unspecified atom stereocenters. The van der Waals surface area contributed by atoms with Crippen molar-refractivity contribution in [1.82, 2.24) is 9.55 Å². The summed E-state index contributed by atoms with van der Waals surface area (Å²) in [4.78, 5) is 29.2. The number of rotatable bonds is 2. The van der Waals surface area contributed by atoms with Crippen LogP contribution in [0.3, 0.4) is 0 Å². The van der Waals surface area contributed by atoms with Crippen molar-refractivity contribution < 1.29 is 14.3 Å². The topological polar surface area (TPSA) is 72.2 Å². The Balaban J connectivity index is 1.93. The maximum absolute atomic E-state index is 14.1. The summed E-state index contributed by atoms with van der Waals surface area (Å²) in [7, 11) is 0. The monoisotopic (exact) mass is 434 g/mol. The molecule has 0 saturated heterocycles. The molecule has 0 amide bonds. The van der Waals surface area contributed by atoms with Crippen LogP contribution in [0, 0.1) is 12.7 Å². The van der Waals surface area contributed by atoms with E-state index in [0.29, 0.717) is 40.1 Å². The van der Waals surface area contributed by atoms with Crippen LogP contribution in [-0.4, -0.2) is 20.6 Å². The van der Waals surface area contributed by atoms with Crippen LogP contribution in [0.1, 0.15) is 33.0 Å². The second-order valence-corrected chi connectivity index (χ2v) is 7.93. The second-order valence-electron chi connectivity index (χ2n) is 6.02. The van der Waals surface area contributed by atoms with Gasteiger partial charge in [0.1, 0.15) is 21.3 Å². The van der Waals surface area contributed by atoms with Gasteiger partial charge in [-0.05, 0) is 48.8 Å². The van der Waals surface area contributed by atoms with Crippen LogP contribution in [-0.2, 0) is 6.54 Å². The molecule has 8 heteroatoms. The molecule has 0 aliphatic carbocycles. The molecule has 0 fully saturated rings. The SMILES string of the molecule is Cc1c(C(=O)O)sc2nc3n(c(=O)c12)CC/C3=C\c1cc(Br)ccc1F. The van der Waals surface area contributed by atoms with Crippen LogP contribution in [0.25, 0.3) is 21.9 Å². The normalized spacial score (nSPS) is 15.0. The highest BCUT2D eigenvalue weighted by Crippen LogP contribution is 2.33. The summed E-state index contributed by atoms with van der Waals surface area (Å²) in [6, 6.07) is 4.66. The van der Waals surface area contributed by atoms with E-state index in [2.05, 4.69) is 20.9 Å². The molecule has 1 aromatic carbocycles. The average molecular weight is 435 g/mol. The molecule has 0 saturated carbocycles. The van der Waals surface area contributed by atoms with Gasteiger partial charge in [-0.15, -0.1) is 11.3 Å². The van der Waals surface area contributed by atoms with Crippen molar-refractivity contribution in [3.05, 3.63) is 60.7 Å². The van der Waals surface area contributed by atoms with E-state index in [1.165, 1.54) is 10.6 Å². The Morgan fingerprint density at radius 1 is 1.46 bits per heavy atom. The van der Waals surface area contributed by atoms with Crippen molar-refractivity contribution in [2.75, 3.05) is 0 Å². The van der Waals surface area contributed by atoms with Gasteiger partial charge < -0.3 is 5.11 Å². The molecule has 132 valence electrons. The van der Waals surface area contributed by atoms with Crippen molar-refractivity contribution >= 4 is 55.1 Å². The van der Waals surface area contributed by atoms with Crippen LogP contribution >= 0.6 is 27.3 Å². The number of carboxylic acids is 1. The fourth-order valence-electron chi connectivity index (χ4n) is 3.17. The van der Waals surface area contributed by atoms with Crippen molar-refractivity contribution in [2.45, 2.75) is 19.9 Å². The smallest absolute Gasteiger partial charge is 0.346 e. The minimum atomic E-state index is -1.07. The Labute approximate surface area is 159 Å². The Morgan fingerprint density at radius 3 is 2.96 bits per heavy atom. The quantitative estimate of drug-likeness (QED) is 0.651. The van der Waals surface area contributed by atoms with Gasteiger partial charge in [0.2, 0.25) is 0 Å². The summed E-state index contributed by atoms with van der Waals surface area (Å²) in [6.45, 7) is 2.07. The third-order valence-corrected chi connectivity index (χ3v) is 6.09. The lowest BCUT2D eigenvalue weighted by molar-refractivity contribution is 0.0701. The largest absolute Gasteiger partial charge is 0.477 e. The van der Waals surface area contributed by atoms with E-state index in [1.807, 2.05) is 0 Å². The predicted octanol–water partition coefficient (Wildman–Crippen LogP) is 4.31. The molecule has 0 spiro atoms. The molecule has 4 rings (SSSR count). The van der Waals surface area contributed by atoms with Gasteiger partial charge in [0, 0.05) is 16.6 Å². The first-order valence-electron chi connectivity index (χ1n) is 7.80. The summed E-state index contributed by atoms with van der Waals surface area (Å²) < 4.78 is 16.4. The fraction of sp³-hybridized carbons (Fsp3) is 0.167. The maximum atomic E-state index is 14.1. The Morgan fingerprint density at radius 2 is 2.23 bits per heavy atom. The lowest BCUT2D eigenvalue weighted by Crippen LogP contribution is -2.20. The van der Waals surface area contributed by atoms with Gasteiger partial charge >= 0.3 is 5.97 Å². The molecule has 1 aliphatic rings. The molecule has 2 aromatic heterocycles. The number of carbonyl (C=O) groups is 1. The van der Waals surface area contributed by atoms with Crippen LogP contribution in [0.4, 0.5) is 4.39 Å². The lowest BCUT2D eigenvalue weighted by atomic mass is 10.1. The maximum Gasteiger partial charge on any atom is 0.346 e. The number of carboxylic acid groups (broad SMARTS) is 1. The fourth-order valence-corrected chi connectivity index (χ4v) is 4.56. The molecular formula is C18H12BrFN2O3S. The molecular weight excluding hydrogens is 423 g/mol. The number of aryl methyl sites for hydroxylation is 1.